The van der Waals surface area contributed by atoms with Crippen molar-refractivity contribution in [1.29, 1.82) is 0 Å². The highest BCUT2D eigenvalue weighted by Crippen LogP contribution is 2.40. The number of rotatable bonds is 7. The van der Waals surface area contributed by atoms with Gasteiger partial charge in [0.15, 0.2) is 17.6 Å². The number of methoxy groups -OCH3 is 3. The molecular weight excluding hydrogens is 338 g/mol. The molecule has 1 N–H and O–H groups in total. The Bertz CT molecular complexity index is 775. The Kier molecular flexibility index (Phi) is 6.43. The number of nitrogens with one attached hydrogen (secondary N) is 1. The molecule has 0 spiro atoms. The van der Waals surface area contributed by atoms with Gasteiger partial charge in [0.1, 0.15) is 5.56 Å². The Morgan fingerprint density at radius 2 is 1.54 bits per heavy atom. The molecule has 138 valence electrons. The van der Waals surface area contributed by atoms with Crippen LogP contribution in [0.3, 0.4) is 0 Å². The van der Waals surface area contributed by atoms with Gasteiger partial charge in [-0.1, -0.05) is 18.2 Å². The number of para-hydroxylation sites is 1. The van der Waals surface area contributed by atoms with Gasteiger partial charge >= 0.3 is 5.97 Å². The normalized spacial score (nSPS) is 11.2. The third kappa shape index (κ3) is 4.24. The van der Waals surface area contributed by atoms with Crippen LogP contribution >= 0.6 is 0 Å². The molecular formula is C19H21NO6. The largest absolute Gasteiger partial charge is 0.493 e. The van der Waals surface area contributed by atoms with Crippen molar-refractivity contribution in [2.24, 2.45) is 0 Å². The van der Waals surface area contributed by atoms with Crippen molar-refractivity contribution in [2.75, 3.05) is 26.6 Å². The van der Waals surface area contributed by atoms with Crippen LogP contribution in [0.5, 0.6) is 17.2 Å². The summed E-state index contributed by atoms with van der Waals surface area (Å²) in [5.74, 6) is -0.295. The second-order valence-electron chi connectivity index (χ2n) is 5.28. The molecule has 7 heteroatoms. The molecule has 0 aliphatic carbocycles. The molecule has 1 amide bonds. The lowest BCUT2D eigenvalue weighted by atomic mass is 10.1. The van der Waals surface area contributed by atoms with E-state index in [1.54, 1.807) is 30.3 Å². The van der Waals surface area contributed by atoms with Gasteiger partial charge in [0.05, 0.1) is 21.3 Å². The van der Waals surface area contributed by atoms with Gasteiger partial charge < -0.3 is 24.3 Å². The summed E-state index contributed by atoms with van der Waals surface area (Å²) < 4.78 is 20.9. The van der Waals surface area contributed by atoms with Crippen LogP contribution in [0.2, 0.25) is 0 Å². The Labute approximate surface area is 151 Å². The minimum Gasteiger partial charge on any atom is -0.493 e. The van der Waals surface area contributed by atoms with E-state index in [-0.39, 0.29) is 17.1 Å². The van der Waals surface area contributed by atoms with Crippen molar-refractivity contribution < 1.29 is 28.5 Å². The van der Waals surface area contributed by atoms with Crippen LogP contribution in [0.15, 0.2) is 42.5 Å². The van der Waals surface area contributed by atoms with Crippen molar-refractivity contribution in [3.8, 4) is 17.2 Å². The fourth-order valence-corrected chi connectivity index (χ4v) is 2.30. The monoisotopic (exact) mass is 359 g/mol. The van der Waals surface area contributed by atoms with Crippen LogP contribution in [0, 0.1) is 0 Å². The van der Waals surface area contributed by atoms with Crippen LogP contribution in [0.4, 0.5) is 5.69 Å². The van der Waals surface area contributed by atoms with Gasteiger partial charge in [0, 0.05) is 5.69 Å². The first-order valence-corrected chi connectivity index (χ1v) is 7.87. The van der Waals surface area contributed by atoms with Gasteiger partial charge in [-0.25, -0.2) is 4.79 Å². The van der Waals surface area contributed by atoms with E-state index in [2.05, 4.69) is 5.32 Å². The lowest BCUT2D eigenvalue weighted by Crippen LogP contribution is -2.30. The minimum atomic E-state index is -1.000. The van der Waals surface area contributed by atoms with Gasteiger partial charge in [-0.2, -0.15) is 0 Å². The lowest BCUT2D eigenvalue weighted by Gasteiger charge is -2.17. The molecule has 0 aromatic heterocycles. The summed E-state index contributed by atoms with van der Waals surface area (Å²) in [6, 6.07) is 12.0. The summed E-state index contributed by atoms with van der Waals surface area (Å²) in [5.41, 5.74) is 0.744. The highest BCUT2D eigenvalue weighted by atomic mass is 16.6. The average molecular weight is 359 g/mol. The van der Waals surface area contributed by atoms with E-state index in [0.717, 1.165) is 0 Å². The van der Waals surface area contributed by atoms with E-state index in [9.17, 15) is 9.59 Å². The summed E-state index contributed by atoms with van der Waals surface area (Å²) in [6.45, 7) is 1.49. The van der Waals surface area contributed by atoms with E-state index < -0.39 is 18.0 Å². The molecule has 7 nitrogen and oxygen atoms in total. The van der Waals surface area contributed by atoms with Crippen molar-refractivity contribution in [3.63, 3.8) is 0 Å². The zero-order valence-electron chi connectivity index (χ0n) is 15.1. The summed E-state index contributed by atoms with van der Waals surface area (Å²) >= 11 is 0. The van der Waals surface area contributed by atoms with Gasteiger partial charge in [-0.3, -0.25) is 4.79 Å². The van der Waals surface area contributed by atoms with E-state index >= 15 is 0 Å². The molecule has 1 atom stereocenters. The molecule has 0 heterocycles. The number of ether oxygens (including phenoxy) is 4. The van der Waals surface area contributed by atoms with Crippen LogP contribution in [0.1, 0.15) is 17.3 Å². The molecule has 2 aromatic carbocycles. The molecule has 2 rings (SSSR count). The van der Waals surface area contributed by atoms with Crippen LogP contribution in [-0.2, 0) is 9.53 Å². The number of hydrogen-bond donors (Lipinski definition) is 1. The summed E-state index contributed by atoms with van der Waals surface area (Å²) in [6.07, 6.45) is -1.000. The van der Waals surface area contributed by atoms with Crippen molar-refractivity contribution in [2.45, 2.75) is 13.0 Å². The third-order valence-corrected chi connectivity index (χ3v) is 3.62. The van der Waals surface area contributed by atoms with E-state index in [1.165, 1.54) is 34.3 Å². The average Bonchev–Trinajstić information content (AvgIpc) is 2.67. The smallest absolute Gasteiger partial charge is 0.342 e. The van der Waals surface area contributed by atoms with E-state index in [0.29, 0.717) is 11.4 Å². The number of carbonyl (C=O) groups excluding carboxylic acids is 2. The maximum absolute atomic E-state index is 12.5. The first-order valence-electron chi connectivity index (χ1n) is 7.87. The number of hydrogen-bond acceptors (Lipinski definition) is 6. The summed E-state index contributed by atoms with van der Waals surface area (Å²) in [4.78, 5) is 24.7. The third-order valence-electron chi connectivity index (χ3n) is 3.62. The second-order valence-corrected chi connectivity index (χ2v) is 5.28. The lowest BCUT2D eigenvalue weighted by molar-refractivity contribution is -0.123. The first-order chi connectivity index (χ1) is 12.5. The van der Waals surface area contributed by atoms with Crippen molar-refractivity contribution in [3.05, 3.63) is 48.0 Å². The SMILES string of the molecule is COc1ccc(C(=O)OC(C)C(=O)Nc2ccccc2)c(OC)c1OC. The van der Waals surface area contributed by atoms with Gasteiger partial charge in [-0.05, 0) is 31.2 Å². The molecule has 0 bridgehead atoms. The van der Waals surface area contributed by atoms with Crippen molar-refractivity contribution >= 4 is 17.6 Å². The van der Waals surface area contributed by atoms with Gasteiger partial charge in [0.25, 0.3) is 5.91 Å². The van der Waals surface area contributed by atoms with Gasteiger partial charge in [-0.15, -0.1) is 0 Å². The summed E-state index contributed by atoms with van der Waals surface area (Å²) in [5, 5.41) is 2.68. The number of carbonyl (C=O) groups is 2. The number of esters is 1. The molecule has 0 fully saturated rings. The molecule has 26 heavy (non-hydrogen) atoms. The Balaban J connectivity index is 2.15. The van der Waals surface area contributed by atoms with Crippen LogP contribution < -0.4 is 19.5 Å². The molecule has 0 saturated carbocycles. The fraction of sp³-hybridized carbons (Fsp3) is 0.263. The quantitative estimate of drug-likeness (QED) is 0.766. The Morgan fingerprint density at radius 1 is 0.885 bits per heavy atom. The predicted molar refractivity (Wildman–Crippen MR) is 96.0 cm³/mol. The Morgan fingerprint density at radius 3 is 2.12 bits per heavy atom. The van der Waals surface area contributed by atoms with Gasteiger partial charge in [0.2, 0.25) is 5.75 Å². The van der Waals surface area contributed by atoms with E-state index in [4.69, 9.17) is 18.9 Å². The van der Waals surface area contributed by atoms with E-state index in [1.807, 2.05) is 6.07 Å². The van der Waals surface area contributed by atoms with Crippen LogP contribution in [0.25, 0.3) is 0 Å². The molecule has 1 unspecified atom stereocenters. The zero-order valence-corrected chi connectivity index (χ0v) is 15.1. The fourth-order valence-electron chi connectivity index (χ4n) is 2.30. The molecule has 0 aliphatic rings. The maximum atomic E-state index is 12.5. The molecule has 0 aliphatic heterocycles. The highest BCUT2D eigenvalue weighted by Gasteiger charge is 2.25. The first kappa shape index (κ1) is 19.1. The highest BCUT2D eigenvalue weighted by molar-refractivity contribution is 5.99. The molecule has 2 aromatic rings. The predicted octanol–water partition coefficient (Wildman–Crippen LogP) is 2.90. The number of amides is 1. The summed E-state index contributed by atoms with van der Waals surface area (Å²) in [7, 11) is 4.32. The number of benzene rings is 2. The standard InChI is InChI=1S/C19H21NO6/c1-12(18(21)20-13-8-6-5-7-9-13)26-19(22)14-10-11-15(23-2)17(25-4)16(14)24-3/h5-12H,1-4H3,(H,20,21). The Hall–Kier alpha value is -3.22. The zero-order chi connectivity index (χ0) is 19.1. The van der Waals surface area contributed by atoms with Crippen LogP contribution in [-0.4, -0.2) is 39.3 Å². The van der Waals surface area contributed by atoms with Crippen molar-refractivity contribution in [1.82, 2.24) is 0 Å². The minimum absolute atomic E-state index is 0.129. The molecule has 0 radical (unpaired) electrons. The molecule has 0 saturated heterocycles. The maximum Gasteiger partial charge on any atom is 0.342 e. The number of anilines is 1. The topological polar surface area (TPSA) is 83.1 Å². The second kappa shape index (κ2) is 8.75.